The van der Waals surface area contributed by atoms with Crippen LogP contribution in [0.1, 0.15) is 26.7 Å². The number of carbonyl (C=O) groups excluding carboxylic acids is 1. The molecule has 0 aliphatic heterocycles. The molecule has 0 spiro atoms. The van der Waals surface area contributed by atoms with Crippen molar-refractivity contribution in [1.82, 2.24) is 0 Å². The van der Waals surface area contributed by atoms with Gasteiger partial charge in [0.1, 0.15) is 5.75 Å². The maximum atomic E-state index is 12.2. The highest BCUT2D eigenvalue weighted by Crippen LogP contribution is 2.25. The molecule has 3 nitrogen and oxygen atoms in total. The van der Waals surface area contributed by atoms with E-state index in [9.17, 15) is 13.6 Å². The lowest BCUT2D eigenvalue weighted by molar-refractivity contribution is -0.116. The second-order valence-corrected chi connectivity index (χ2v) is 4.36. The Morgan fingerprint density at radius 3 is 2.61 bits per heavy atom. The van der Waals surface area contributed by atoms with Crippen LogP contribution in [0, 0.1) is 5.92 Å². The van der Waals surface area contributed by atoms with E-state index in [1.54, 1.807) is 12.1 Å². The number of hydrogen-bond acceptors (Lipinski definition) is 2. The van der Waals surface area contributed by atoms with Crippen molar-refractivity contribution in [2.75, 3.05) is 5.32 Å². The molecule has 0 heterocycles. The molecule has 0 unspecified atom stereocenters. The molecule has 1 aromatic rings. The molecule has 1 rings (SSSR count). The summed E-state index contributed by atoms with van der Waals surface area (Å²) in [6.07, 6.45) is 1.12. The molecule has 0 bridgehead atoms. The normalized spacial score (nSPS) is 10.8. The smallest absolute Gasteiger partial charge is 0.387 e. The third kappa shape index (κ3) is 5.12. The summed E-state index contributed by atoms with van der Waals surface area (Å²) in [5, 5.41) is 2.57. The third-order valence-electron chi connectivity index (χ3n) is 2.33. The summed E-state index contributed by atoms with van der Waals surface area (Å²) in [4.78, 5) is 11.6. The molecule has 100 valence electrons. The number of para-hydroxylation sites is 2. The van der Waals surface area contributed by atoms with Crippen LogP contribution in [0.3, 0.4) is 0 Å². The molecule has 0 aliphatic carbocycles. The number of rotatable bonds is 6. The molecule has 1 N–H and O–H groups in total. The Kier molecular flexibility index (Phi) is 5.55. The minimum absolute atomic E-state index is 0.0228. The van der Waals surface area contributed by atoms with Crippen LogP contribution in [0.5, 0.6) is 5.75 Å². The summed E-state index contributed by atoms with van der Waals surface area (Å²) >= 11 is 0. The number of carbonyl (C=O) groups is 1. The van der Waals surface area contributed by atoms with Gasteiger partial charge in [-0.1, -0.05) is 26.0 Å². The molecule has 1 aromatic carbocycles. The first-order valence-corrected chi connectivity index (χ1v) is 5.82. The highest BCUT2D eigenvalue weighted by atomic mass is 19.3. The molecule has 0 saturated heterocycles. The van der Waals surface area contributed by atoms with Crippen LogP contribution >= 0.6 is 0 Å². The predicted molar refractivity (Wildman–Crippen MR) is 65.8 cm³/mol. The van der Waals surface area contributed by atoms with Gasteiger partial charge in [-0.15, -0.1) is 0 Å². The zero-order valence-corrected chi connectivity index (χ0v) is 10.5. The molecule has 0 radical (unpaired) electrons. The Labute approximate surface area is 105 Å². The summed E-state index contributed by atoms with van der Waals surface area (Å²) in [6.45, 7) is 1.13. The van der Waals surface area contributed by atoms with E-state index in [0.29, 0.717) is 12.3 Å². The molecule has 18 heavy (non-hydrogen) atoms. The first kappa shape index (κ1) is 14.4. The molecular formula is C13H17F2NO2. The number of ether oxygens (including phenoxy) is 1. The Morgan fingerprint density at radius 2 is 2.00 bits per heavy atom. The van der Waals surface area contributed by atoms with Crippen LogP contribution in [0.15, 0.2) is 24.3 Å². The van der Waals surface area contributed by atoms with E-state index in [2.05, 4.69) is 10.1 Å². The lowest BCUT2D eigenvalue weighted by Crippen LogP contribution is -2.14. The molecule has 0 aromatic heterocycles. The van der Waals surface area contributed by atoms with Crippen LogP contribution in [-0.4, -0.2) is 12.5 Å². The number of nitrogens with one attached hydrogen (secondary N) is 1. The Bertz CT molecular complexity index is 394. The Morgan fingerprint density at radius 1 is 1.33 bits per heavy atom. The van der Waals surface area contributed by atoms with Gasteiger partial charge in [0.2, 0.25) is 5.91 Å². The number of alkyl halides is 2. The van der Waals surface area contributed by atoms with Crippen molar-refractivity contribution in [3.63, 3.8) is 0 Å². The van der Waals surface area contributed by atoms with Crippen LogP contribution < -0.4 is 10.1 Å². The molecule has 0 aliphatic rings. The number of benzene rings is 1. The van der Waals surface area contributed by atoms with E-state index in [1.807, 2.05) is 13.8 Å². The maximum absolute atomic E-state index is 12.2. The fourth-order valence-electron chi connectivity index (χ4n) is 1.40. The number of hydrogen-bond donors (Lipinski definition) is 1. The minimum Gasteiger partial charge on any atom is -0.433 e. The highest BCUT2D eigenvalue weighted by molar-refractivity contribution is 5.92. The van der Waals surface area contributed by atoms with E-state index in [4.69, 9.17) is 0 Å². The van der Waals surface area contributed by atoms with Gasteiger partial charge in [0.05, 0.1) is 5.69 Å². The second kappa shape index (κ2) is 6.93. The largest absolute Gasteiger partial charge is 0.433 e. The summed E-state index contributed by atoms with van der Waals surface area (Å²) in [5.41, 5.74) is 0.270. The third-order valence-corrected chi connectivity index (χ3v) is 2.33. The molecule has 0 fully saturated rings. The van der Waals surface area contributed by atoms with Gasteiger partial charge >= 0.3 is 6.61 Å². The summed E-state index contributed by atoms with van der Waals surface area (Å²) in [7, 11) is 0. The van der Waals surface area contributed by atoms with Gasteiger partial charge in [-0.2, -0.15) is 8.78 Å². The fourth-order valence-corrected chi connectivity index (χ4v) is 1.40. The Hall–Kier alpha value is -1.65. The average molecular weight is 257 g/mol. The summed E-state index contributed by atoms with van der Waals surface area (Å²) in [5.74, 6) is 0.197. The molecule has 0 atom stereocenters. The van der Waals surface area contributed by atoms with Crippen molar-refractivity contribution in [2.24, 2.45) is 5.92 Å². The van der Waals surface area contributed by atoms with Gasteiger partial charge < -0.3 is 10.1 Å². The maximum Gasteiger partial charge on any atom is 0.387 e. The van der Waals surface area contributed by atoms with E-state index in [-0.39, 0.29) is 17.3 Å². The first-order valence-electron chi connectivity index (χ1n) is 5.82. The van der Waals surface area contributed by atoms with Gasteiger partial charge in [0, 0.05) is 6.42 Å². The van der Waals surface area contributed by atoms with Gasteiger partial charge in [-0.05, 0) is 24.5 Å². The quantitative estimate of drug-likeness (QED) is 0.844. The SMILES string of the molecule is CC(C)CCC(=O)Nc1ccccc1OC(F)F. The van der Waals surface area contributed by atoms with Crippen LogP contribution in [0.25, 0.3) is 0 Å². The lowest BCUT2D eigenvalue weighted by Gasteiger charge is -2.12. The lowest BCUT2D eigenvalue weighted by atomic mass is 10.1. The van der Waals surface area contributed by atoms with Crippen molar-refractivity contribution in [2.45, 2.75) is 33.3 Å². The van der Waals surface area contributed by atoms with Crippen molar-refractivity contribution in [1.29, 1.82) is 0 Å². The number of amides is 1. The average Bonchev–Trinajstić information content (AvgIpc) is 2.28. The minimum atomic E-state index is -2.90. The topological polar surface area (TPSA) is 38.3 Å². The van der Waals surface area contributed by atoms with Crippen LogP contribution in [-0.2, 0) is 4.79 Å². The van der Waals surface area contributed by atoms with Crippen LogP contribution in [0.2, 0.25) is 0 Å². The zero-order valence-electron chi connectivity index (χ0n) is 10.5. The molecule has 0 saturated carbocycles. The fraction of sp³-hybridized carbons (Fsp3) is 0.462. The number of anilines is 1. The van der Waals surface area contributed by atoms with E-state index < -0.39 is 6.61 Å². The number of halogens is 2. The molecular weight excluding hydrogens is 240 g/mol. The van der Waals surface area contributed by atoms with Gasteiger partial charge in [-0.3, -0.25) is 4.79 Å². The van der Waals surface area contributed by atoms with Gasteiger partial charge in [-0.25, -0.2) is 0 Å². The standard InChI is InChI=1S/C13H17F2NO2/c1-9(2)7-8-12(17)16-10-5-3-4-6-11(10)18-13(14)15/h3-6,9,13H,7-8H2,1-2H3,(H,16,17). The monoisotopic (exact) mass is 257 g/mol. The summed E-state index contributed by atoms with van der Waals surface area (Å²) in [6, 6.07) is 6.15. The first-order chi connectivity index (χ1) is 8.49. The second-order valence-electron chi connectivity index (χ2n) is 4.36. The summed E-state index contributed by atoms with van der Waals surface area (Å²) < 4.78 is 28.6. The predicted octanol–water partition coefficient (Wildman–Crippen LogP) is 3.66. The molecule has 1 amide bonds. The van der Waals surface area contributed by atoms with Crippen molar-refractivity contribution < 1.29 is 18.3 Å². The van der Waals surface area contributed by atoms with E-state index in [1.165, 1.54) is 12.1 Å². The van der Waals surface area contributed by atoms with Crippen molar-refractivity contribution in [3.05, 3.63) is 24.3 Å². The van der Waals surface area contributed by atoms with Gasteiger partial charge in [0.25, 0.3) is 0 Å². The highest BCUT2D eigenvalue weighted by Gasteiger charge is 2.11. The molecule has 5 heteroatoms. The van der Waals surface area contributed by atoms with Crippen molar-refractivity contribution in [3.8, 4) is 5.75 Å². The van der Waals surface area contributed by atoms with Crippen LogP contribution in [0.4, 0.5) is 14.5 Å². The van der Waals surface area contributed by atoms with E-state index >= 15 is 0 Å². The van der Waals surface area contributed by atoms with Crippen molar-refractivity contribution >= 4 is 11.6 Å². The van der Waals surface area contributed by atoms with E-state index in [0.717, 1.165) is 6.42 Å². The van der Waals surface area contributed by atoms with Gasteiger partial charge in [0.15, 0.2) is 0 Å². The Balaban J connectivity index is 2.63. The zero-order chi connectivity index (χ0) is 13.5.